The highest BCUT2D eigenvalue weighted by Crippen LogP contribution is 2.14. The van der Waals surface area contributed by atoms with Crippen molar-refractivity contribution in [1.82, 2.24) is 20.0 Å². The summed E-state index contributed by atoms with van der Waals surface area (Å²) in [5.41, 5.74) is 2.18. The van der Waals surface area contributed by atoms with Crippen molar-refractivity contribution in [1.29, 1.82) is 0 Å². The molecule has 1 aromatic rings. The molecule has 21 heavy (non-hydrogen) atoms. The molecule has 2 aliphatic rings. The van der Waals surface area contributed by atoms with Crippen molar-refractivity contribution in [2.75, 3.05) is 19.7 Å². The maximum atomic E-state index is 12.2. The molecule has 1 aromatic heterocycles. The Hall–Kier alpha value is -1.66. The molecule has 0 spiro atoms. The fourth-order valence-electron chi connectivity index (χ4n) is 2.94. The van der Waals surface area contributed by atoms with Gasteiger partial charge in [0, 0.05) is 32.5 Å². The minimum absolute atomic E-state index is 0.00726. The second kappa shape index (κ2) is 6.41. The van der Waals surface area contributed by atoms with Crippen LogP contribution in [0.2, 0.25) is 0 Å². The van der Waals surface area contributed by atoms with Gasteiger partial charge in [0.05, 0.1) is 24.0 Å². The van der Waals surface area contributed by atoms with Gasteiger partial charge < -0.3 is 15.3 Å². The van der Waals surface area contributed by atoms with E-state index in [1.165, 1.54) is 5.69 Å². The van der Waals surface area contributed by atoms with Gasteiger partial charge in [-0.05, 0) is 19.0 Å². The normalized spacial score (nSPS) is 21.4. The molecule has 0 bridgehead atoms. The predicted molar refractivity (Wildman–Crippen MR) is 78.6 cm³/mol. The molecule has 0 fully saturated rings. The molecule has 1 unspecified atom stereocenters. The summed E-state index contributed by atoms with van der Waals surface area (Å²) in [7, 11) is 0. The van der Waals surface area contributed by atoms with Crippen molar-refractivity contribution in [3.63, 3.8) is 0 Å². The minimum atomic E-state index is -0.152. The smallest absolute Gasteiger partial charge is 0.223 e. The van der Waals surface area contributed by atoms with Crippen LogP contribution in [-0.4, -0.2) is 51.4 Å². The molecule has 114 valence electrons. The van der Waals surface area contributed by atoms with Gasteiger partial charge in [0.15, 0.2) is 0 Å². The lowest BCUT2D eigenvalue weighted by atomic mass is 10.2. The zero-order valence-electron chi connectivity index (χ0n) is 12.2. The lowest BCUT2D eigenvalue weighted by Gasteiger charge is -2.22. The quantitative estimate of drug-likeness (QED) is 0.770. The maximum Gasteiger partial charge on any atom is 0.223 e. The Labute approximate surface area is 124 Å². The Morgan fingerprint density at radius 1 is 1.52 bits per heavy atom. The van der Waals surface area contributed by atoms with Crippen molar-refractivity contribution >= 4 is 5.91 Å². The van der Waals surface area contributed by atoms with E-state index in [4.69, 9.17) is 0 Å². The number of nitrogens with one attached hydrogen (secondary N) is 1. The van der Waals surface area contributed by atoms with Gasteiger partial charge in [0.1, 0.15) is 0 Å². The molecule has 2 N–H and O–H groups in total. The Balaban J connectivity index is 1.56. The summed E-state index contributed by atoms with van der Waals surface area (Å²) in [4.78, 5) is 13.9. The lowest BCUT2D eigenvalue weighted by molar-refractivity contribution is -0.132. The molecule has 2 aliphatic heterocycles. The molecular weight excluding hydrogens is 268 g/mol. The summed E-state index contributed by atoms with van der Waals surface area (Å²) in [5, 5.41) is 17.2. The van der Waals surface area contributed by atoms with Crippen LogP contribution in [0.25, 0.3) is 0 Å². The molecule has 0 saturated carbocycles. The molecule has 0 radical (unpaired) electrons. The van der Waals surface area contributed by atoms with Crippen molar-refractivity contribution in [2.24, 2.45) is 0 Å². The third kappa shape index (κ3) is 3.16. The van der Waals surface area contributed by atoms with Crippen LogP contribution in [0.3, 0.4) is 0 Å². The molecule has 3 heterocycles. The van der Waals surface area contributed by atoms with Gasteiger partial charge in [-0.1, -0.05) is 12.2 Å². The number of amides is 1. The third-order valence-corrected chi connectivity index (χ3v) is 4.11. The zero-order chi connectivity index (χ0) is 14.7. The summed E-state index contributed by atoms with van der Waals surface area (Å²) in [5.74, 6) is 0.0837. The largest absolute Gasteiger partial charge is 0.394 e. The van der Waals surface area contributed by atoms with Gasteiger partial charge in [-0.3, -0.25) is 9.48 Å². The molecule has 0 saturated heterocycles. The van der Waals surface area contributed by atoms with E-state index in [0.717, 1.165) is 31.7 Å². The number of aliphatic hydroxyl groups excluding tert-OH is 1. The number of rotatable bonds is 4. The van der Waals surface area contributed by atoms with Crippen LogP contribution in [0.15, 0.2) is 18.2 Å². The summed E-state index contributed by atoms with van der Waals surface area (Å²) >= 11 is 0. The first-order valence-electron chi connectivity index (χ1n) is 7.61. The standard InChI is InChI=1S/C15H22N4O2/c20-11-13-3-1-7-18(13)15(21)5-4-12-9-14-10-16-6-2-8-19(14)17-12/h1,3,9,13,16,20H,2,4-8,10-11H2. The maximum absolute atomic E-state index is 12.2. The van der Waals surface area contributed by atoms with E-state index in [1.807, 2.05) is 16.8 Å². The second-order valence-electron chi connectivity index (χ2n) is 5.60. The van der Waals surface area contributed by atoms with Crippen molar-refractivity contribution < 1.29 is 9.90 Å². The molecule has 0 aliphatic carbocycles. The molecule has 6 heteroatoms. The van der Waals surface area contributed by atoms with Gasteiger partial charge in [-0.25, -0.2) is 0 Å². The van der Waals surface area contributed by atoms with Crippen molar-refractivity contribution in [2.45, 2.75) is 38.4 Å². The van der Waals surface area contributed by atoms with E-state index >= 15 is 0 Å². The highest BCUT2D eigenvalue weighted by atomic mass is 16.3. The van der Waals surface area contributed by atoms with Gasteiger partial charge in [0.25, 0.3) is 0 Å². The molecule has 3 rings (SSSR count). The number of carbonyl (C=O) groups is 1. The van der Waals surface area contributed by atoms with Crippen LogP contribution >= 0.6 is 0 Å². The number of carbonyl (C=O) groups excluding carboxylic acids is 1. The Morgan fingerprint density at radius 2 is 2.43 bits per heavy atom. The van der Waals surface area contributed by atoms with Crippen LogP contribution in [-0.2, 0) is 24.3 Å². The second-order valence-corrected chi connectivity index (χ2v) is 5.60. The minimum Gasteiger partial charge on any atom is -0.394 e. The fourth-order valence-corrected chi connectivity index (χ4v) is 2.94. The average Bonchev–Trinajstić information content (AvgIpc) is 3.07. The number of fused-ring (bicyclic) bond motifs is 1. The van der Waals surface area contributed by atoms with Crippen LogP contribution in [0, 0.1) is 0 Å². The van der Waals surface area contributed by atoms with E-state index in [9.17, 15) is 9.90 Å². The molecule has 6 nitrogen and oxygen atoms in total. The van der Waals surface area contributed by atoms with E-state index < -0.39 is 0 Å². The van der Waals surface area contributed by atoms with E-state index in [2.05, 4.69) is 16.5 Å². The fraction of sp³-hybridized carbons (Fsp3) is 0.600. The average molecular weight is 290 g/mol. The van der Waals surface area contributed by atoms with Gasteiger partial charge >= 0.3 is 0 Å². The van der Waals surface area contributed by atoms with Crippen molar-refractivity contribution in [3.8, 4) is 0 Å². The molecular formula is C15H22N4O2. The van der Waals surface area contributed by atoms with Crippen LogP contribution in [0.1, 0.15) is 24.2 Å². The Bertz CT molecular complexity index is 514. The first-order chi connectivity index (χ1) is 10.3. The number of aryl methyl sites for hydroxylation is 2. The van der Waals surface area contributed by atoms with Crippen LogP contribution in [0.4, 0.5) is 0 Å². The monoisotopic (exact) mass is 290 g/mol. The van der Waals surface area contributed by atoms with Crippen LogP contribution in [0.5, 0.6) is 0 Å². The SMILES string of the molecule is O=C(CCc1cc2n(n1)CCCNC2)N1CC=CC1CO. The molecule has 1 atom stereocenters. The number of aromatic nitrogens is 2. The number of hydrogen-bond acceptors (Lipinski definition) is 4. The Morgan fingerprint density at radius 3 is 3.29 bits per heavy atom. The van der Waals surface area contributed by atoms with E-state index in [1.54, 1.807) is 4.90 Å². The summed E-state index contributed by atoms with van der Waals surface area (Å²) in [6.07, 6.45) is 6.02. The van der Waals surface area contributed by atoms with Crippen LogP contribution < -0.4 is 5.32 Å². The van der Waals surface area contributed by atoms with Gasteiger partial charge in [-0.2, -0.15) is 5.10 Å². The van der Waals surface area contributed by atoms with E-state index in [0.29, 0.717) is 19.4 Å². The number of hydrogen-bond donors (Lipinski definition) is 2. The first kappa shape index (κ1) is 14.3. The van der Waals surface area contributed by atoms with Crippen molar-refractivity contribution in [3.05, 3.63) is 29.6 Å². The summed E-state index contributed by atoms with van der Waals surface area (Å²) in [6, 6.07) is 1.94. The summed E-state index contributed by atoms with van der Waals surface area (Å²) < 4.78 is 2.05. The molecule has 1 amide bonds. The lowest BCUT2D eigenvalue weighted by Crippen LogP contribution is -2.38. The highest BCUT2D eigenvalue weighted by Gasteiger charge is 2.23. The zero-order valence-corrected chi connectivity index (χ0v) is 12.2. The molecule has 0 aromatic carbocycles. The summed E-state index contributed by atoms with van der Waals surface area (Å²) in [6.45, 7) is 3.42. The Kier molecular flexibility index (Phi) is 4.36. The van der Waals surface area contributed by atoms with Gasteiger partial charge in [-0.15, -0.1) is 0 Å². The topological polar surface area (TPSA) is 70.4 Å². The first-order valence-corrected chi connectivity index (χ1v) is 7.61. The van der Waals surface area contributed by atoms with E-state index in [-0.39, 0.29) is 18.6 Å². The number of nitrogens with zero attached hydrogens (tertiary/aromatic N) is 3. The third-order valence-electron chi connectivity index (χ3n) is 4.11. The predicted octanol–water partition coefficient (Wildman–Crippen LogP) is 0.0683. The number of aliphatic hydroxyl groups is 1. The highest BCUT2D eigenvalue weighted by molar-refractivity contribution is 5.77. The van der Waals surface area contributed by atoms with Gasteiger partial charge in [0.2, 0.25) is 5.91 Å².